The number of nitrogens with one attached hydrogen (secondary N) is 1. The molecule has 0 unspecified atom stereocenters. The second-order valence-corrected chi connectivity index (χ2v) is 9.06. The minimum Gasteiger partial charge on any atom is -0.313 e. The fourth-order valence-electron chi connectivity index (χ4n) is 3.69. The zero-order chi connectivity index (χ0) is 20.3. The largest absolute Gasteiger partial charge is 0.313 e. The van der Waals surface area contributed by atoms with Gasteiger partial charge in [0.25, 0.3) is 0 Å². The Hall–Kier alpha value is 0.0500. The molecule has 0 aliphatic carbocycles. The van der Waals surface area contributed by atoms with Crippen molar-refractivity contribution in [2.45, 2.75) is 116 Å². The maximum absolute atomic E-state index is 6.19. The molecule has 0 saturated heterocycles. The maximum Gasteiger partial charge on any atom is 0.0465 e. The molecule has 0 amide bonds. The van der Waals surface area contributed by atoms with Crippen LogP contribution in [0.3, 0.4) is 0 Å². The van der Waals surface area contributed by atoms with Crippen molar-refractivity contribution in [2.24, 2.45) is 0 Å². The highest BCUT2D eigenvalue weighted by Gasteiger charge is 2.00. The summed E-state index contributed by atoms with van der Waals surface area (Å²) in [5.74, 6) is 0. The molecule has 0 fully saturated rings. The van der Waals surface area contributed by atoms with Crippen molar-refractivity contribution < 1.29 is 0 Å². The topological polar surface area (TPSA) is 12.0 Å². The summed E-state index contributed by atoms with van der Waals surface area (Å²) in [5.41, 5.74) is 1.13. The number of benzene rings is 1. The molecule has 29 heavy (non-hydrogen) atoms. The molecular formula is C25H44Cl3N. The lowest BCUT2D eigenvalue weighted by atomic mass is 10.0. The van der Waals surface area contributed by atoms with Gasteiger partial charge in [-0.15, -0.1) is 12.4 Å². The normalized spacial score (nSPS) is 10.9. The molecule has 170 valence electrons. The Kier molecular flexibility index (Phi) is 21.3. The van der Waals surface area contributed by atoms with Crippen molar-refractivity contribution >= 4 is 35.6 Å². The van der Waals surface area contributed by atoms with Gasteiger partial charge in [-0.2, -0.15) is 0 Å². The highest BCUT2D eigenvalue weighted by atomic mass is 35.5. The van der Waals surface area contributed by atoms with Crippen molar-refractivity contribution in [1.82, 2.24) is 5.32 Å². The predicted octanol–water partition coefficient (Wildman–Crippen LogP) is 9.77. The van der Waals surface area contributed by atoms with Crippen molar-refractivity contribution in [3.8, 4) is 0 Å². The van der Waals surface area contributed by atoms with Crippen LogP contribution >= 0.6 is 35.6 Å². The second kappa shape index (κ2) is 21.3. The number of rotatable bonds is 19. The SMILES string of the molecule is CCCCCCCCCCCCCCCCCCNCc1ccc(Cl)cc1Cl.Cl. The van der Waals surface area contributed by atoms with Crippen LogP contribution in [0.4, 0.5) is 0 Å². The molecule has 0 heterocycles. The summed E-state index contributed by atoms with van der Waals surface area (Å²) in [4.78, 5) is 0. The first-order chi connectivity index (χ1) is 13.7. The van der Waals surface area contributed by atoms with Crippen molar-refractivity contribution in [2.75, 3.05) is 6.54 Å². The van der Waals surface area contributed by atoms with Crippen molar-refractivity contribution in [3.05, 3.63) is 33.8 Å². The molecule has 1 N–H and O–H groups in total. The Morgan fingerprint density at radius 2 is 1.10 bits per heavy atom. The van der Waals surface area contributed by atoms with E-state index in [-0.39, 0.29) is 12.4 Å². The fraction of sp³-hybridized carbons (Fsp3) is 0.760. The molecule has 1 nitrogen and oxygen atoms in total. The predicted molar refractivity (Wildman–Crippen MR) is 135 cm³/mol. The highest BCUT2D eigenvalue weighted by molar-refractivity contribution is 6.35. The minimum absolute atomic E-state index is 0. The van der Waals surface area contributed by atoms with E-state index in [0.717, 1.165) is 23.7 Å². The monoisotopic (exact) mass is 463 g/mol. The van der Waals surface area contributed by atoms with Gasteiger partial charge in [-0.1, -0.05) is 133 Å². The molecule has 1 aromatic carbocycles. The number of hydrogen-bond acceptors (Lipinski definition) is 1. The van der Waals surface area contributed by atoms with E-state index in [1.165, 1.54) is 103 Å². The van der Waals surface area contributed by atoms with Gasteiger partial charge in [0.2, 0.25) is 0 Å². The molecule has 0 aliphatic heterocycles. The van der Waals surface area contributed by atoms with E-state index >= 15 is 0 Å². The Morgan fingerprint density at radius 3 is 1.55 bits per heavy atom. The van der Waals surface area contributed by atoms with Crippen LogP contribution in [-0.2, 0) is 6.54 Å². The van der Waals surface area contributed by atoms with Crippen molar-refractivity contribution in [1.29, 1.82) is 0 Å². The van der Waals surface area contributed by atoms with E-state index in [1.807, 2.05) is 18.2 Å². The molecule has 0 aromatic heterocycles. The first-order valence-corrected chi connectivity index (χ1v) is 12.6. The zero-order valence-corrected chi connectivity index (χ0v) is 21.0. The number of unbranched alkanes of at least 4 members (excludes halogenated alkanes) is 15. The highest BCUT2D eigenvalue weighted by Crippen LogP contribution is 2.20. The van der Waals surface area contributed by atoms with E-state index in [9.17, 15) is 0 Å². The molecule has 0 radical (unpaired) electrons. The minimum atomic E-state index is 0. The van der Waals surface area contributed by atoms with Gasteiger partial charge in [-0.05, 0) is 30.7 Å². The van der Waals surface area contributed by atoms with Crippen LogP contribution in [0.1, 0.15) is 115 Å². The van der Waals surface area contributed by atoms with Gasteiger partial charge in [0.05, 0.1) is 0 Å². The van der Waals surface area contributed by atoms with E-state index in [4.69, 9.17) is 23.2 Å². The number of hydrogen-bond donors (Lipinski definition) is 1. The van der Waals surface area contributed by atoms with E-state index in [1.54, 1.807) is 0 Å². The Morgan fingerprint density at radius 1 is 0.655 bits per heavy atom. The van der Waals surface area contributed by atoms with Gasteiger partial charge < -0.3 is 5.32 Å². The lowest BCUT2D eigenvalue weighted by Gasteiger charge is -2.07. The lowest BCUT2D eigenvalue weighted by Crippen LogP contribution is -2.14. The maximum atomic E-state index is 6.19. The van der Waals surface area contributed by atoms with E-state index in [2.05, 4.69) is 12.2 Å². The van der Waals surface area contributed by atoms with Crippen LogP contribution in [0.15, 0.2) is 18.2 Å². The summed E-state index contributed by atoms with van der Waals surface area (Å²) >= 11 is 12.1. The van der Waals surface area contributed by atoms with Gasteiger partial charge in [0.1, 0.15) is 0 Å². The molecular weight excluding hydrogens is 421 g/mol. The first-order valence-electron chi connectivity index (χ1n) is 11.9. The van der Waals surface area contributed by atoms with Crippen LogP contribution < -0.4 is 5.32 Å². The summed E-state index contributed by atoms with van der Waals surface area (Å²) in [7, 11) is 0. The Labute approximate surface area is 197 Å². The Bertz CT molecular complexity index is 479. The van der Waals surface area contributed by atoms with Crippen molar-refractivity contribution in [3.63, 3.8) is 0 Å². The van der Waals surface area contributed by atoms with Crippen LogP contribution in [0.5, 0.6) is 0 Å². The smallest absolute Gasteiger partial charge is 0.0465 e. The molecule has 0 spiro atoms. The third kappa shape index (κ3) is 17.4. The molecule has 0 bridgehead atoms. The fourth-order valence-corrected chi connectivity index (χ4v) is 4.16. The number of halogens is 3. The first kappa shape index (κ1) is 29.1. The van der Waals surface area contributed by atoms with E-state index < -0.39 is 0 Å². The summed E-state index contributed by atoms with van der Waals surface area (Å²) in [6, 6.07) is 5.72. The average molecular weight is 465 g/mol. The van der Waals surface area contributed by atoms with Gasteiger partial charge in [-0.3, -0.25) is 0 Å². The Balaban J connectivity index is 0.00000784. The summed E-state index contributed by atoms with van der Waals surface area (Å²) in [6.07, 6.45) is 22.6. The third-order valence-electron chi connectivity index (χ3n) is 5.54. The van der Waals surface area contributed by atoms with Crippen LogP contribution in [0.25, 0.3) is 0 Å². The third-order valence-corrected chi connectivity index (χ3v) is 6.12. The molecule has 0 atom stereocenters. The summed E-state index contributed by atoms with van der Waals surface area (Å²) in [6.45, 7) is 4.18. The van der Waals surface area contributed by atoms with Crippen LogP contribution in [-0.4, -0.2) is 6.54 Å². The standard InChI is InChI=1S/C25H43Cl2N.ClH/c1-2-3-4-5-6-7-8-9-10-11-12-13-14-15-16-17-20-28-22-23-18-19-24(26)21-25(23)27;/h18-19,21,28H,2-17,20,22H2,1H3;1H. The second-order valence-electron chi connectivity index (χ2n) is 8.22. The quantitative estimate of drug-likeness (QED) is 0.201. The lowest BCUT2D eigenvalue weighted by molar-refractivity contribution is 0.525. The average Bonchev–Trinajstić information content (AvgIpc) is 2.68. The molecule has 0 aliphatic rings. The molecule has 4 heteroatoms. The molecule has 0 saturated carbocycles. The summed E-state index contributed by atoms with van der Waals surface area (Å²) in [5, 5.41) is 4.94. The molecule has 1 rings (SSSR count). The van der Waals surface area contributed by atoms with Gasteiger partial charge in [0.15, 0.2) is 0 Å². The van der Waals surface area contributed by atoms with Gasteiger partial charge in [0, 0.05) is 16.6 Å². The van der Waals surface area contributed by atoms with Gasteiger partial charge in [-0.25, -0.2) is 0 Å². The van der Waals surface area contributed by atoms with Crippen LogP contribution in [0, 0.1) is 0 Å². The zero-order valence-electron chi connectivity index (χ0n) is 18.6. The van der Waals surface area contributed by atoms with Crippen LogP contribution in [0.2, 0.25) is 10.0 Å². The summed E-state index contributed by atoms with van der Waals surface area (Å²) < 4.78 is 0. The van der Waals surface area contributed by atoms with Gasteiger partial charge >= 0.3 is 0 Å². The molecule has 1 aromatic rings. The van der Waals surface area contributed by atoms with E-state index in [0.29, 0.717) is 5.02 Å².